The van der Waals surface area contributed by atoms with E-state index in [4.69, 9.17) is 16.3 Å². The van der Waals surface area contributed by atoms with Crippen LogP contribution in [-0.4, -0.2) is 23.0 Å². The number of halogens is 1. The molecule has 0 amide bonds. The van der Waals surface area contributed by atoms with Gasteiger partial charge in [-0.25, -0.2) is 17.9 Å². The fraction of sp³-hybridized carbons (Fsp3) is 0.226. The van der Waals surface area contributed by atoms with Crippen LogP contribution in [0.3, 0.4) is 0 Å². The molecule has 0 unspecified atom stereocenters. The van der Waals surface area contributed by atoms with Gasteiger partial charge in [-0.1, -0.05) is 73.3 Å². The van der Waals surface area contributed by atoms with E-state index in [2.05, 4.69) is 14.8 Å². The van der Waals surface area contributed by atoms with Crippen molar-refractivity contribution >= 4 is 33.0 Å². The van der Waals surface area contributed by atoms with Gasteiger partial charge in [-0.2, -0.15) is 5.10 Å². The first-order valence-corrected chi connectivity index (χ1v) is 15.3. The third kappa shape index (κ3) is 5.55. The quantitative estimate of drug-likeness (QED) is 0.208. The molecule has 9 heteroatoms. The van der Waals surface area contributed by atoms with Crippen molar-refractivity contribution in [2.75, 3.05) is 4.72 Å². The highest BCUT2D eigenvalue weighted by Gasteiger charge is 2.25. The van der Waals surface area contributed by atoms with Crippen LogP contribution < -0.4 is 9.46 Å². The predicted molar refractivity (Wildman–Crippen MR) is 157 cm³/mol. The van der Waals surface area contributed by atoms with Crippen LogP contribution in [0.5, 0.6) is 5.75 Å². The maximum absolute atomic E-state index is 13.1. The minimum Gasteiger partial charge on any atom is -0.489 e. The van der Waals surface area contributed by atoms with E-state index in [1.807, 2.05) is 65.3 Å². The smallest absolute Gasteiger partial charge is 0.262 e. The Morgan fingerprint density at radius 3 is 2.35 bits per heavy atom. The van der Waals surface area contributed by atoms with Crippen molar-refractivity contribution in [1.82, 2.24) is 14.6 Å². The molecule has 2 aromatic heterocycles. The van der Waals surface area contributed by atoms with E-state index >= 15 is 0 Å². The second kappa shape index (κ2) is 11.3. The van der Waals surface area contributed by atoms with Gasteiger partial charge in [0, 0.05) is 22.7 Å². The Morgan fingerprint density at radius 1 is 0.900 bits per heavy atom. The summed E-state index contributed by atoms with van der Waals surface area (Å²) in [6.45, 7) is 0.503. The fourth-order valence-electron chi connectivity index (χ4n) is 5.30. The summed E-state index contributed by atoms with van der Waals surface area (Å²) >= 11 is 5.94. The molecule has 1 aliphatic rings. The van der Waals surface area contributed by atoms with Crippen LogP contribution in [-0.2, 0) is 16.6 Å². The minimum atomic E-state index is -3.84. The first-order valence-electron chi connectivity index (χ1n) is 13.4. The Balaban J connectivity index is 1.33. The lowest BCUT2D eigenvalue weighted by molar-refractivity contribution is 0.306. The molecular formula is C31H29ClN4O3S. The number of anilines is 1. The van der Waals surface area contributed by atoms with Gasteiger partial charge in [-0.15, -0.1) is 0 Å². The maximum Gasteiger partial charge on any atom is 0.262 e. The largest absolute Gasteiger partial charge is 0.489 e. The highest BCUT2D eigenvalue weighted by Crippen LogP contribution is 2.39. The SMILES string of the molecule is O=S(=O)(Nc1cnn2c(C3CCCCC3)c(-c3ccc(OCc4ccccc4)cc3)cnc12)c1ccc(Cl)cc1. The molecule has 3 aromatic carbocycles. The van der Waals surface area contributed by atoms with Gasteiger partial charge in [-0.3, -0.25) is 4.72 Å². The van der Waals surface area contributed by atoms with Crippen molar-refractivity contribution in [2.24, 2.45) is 0 Å². The first-order chi connectivity index (χ1) is 19.5. The lowest BCUT2D eigenvalue weighted by Crippen LogP contribution is -2.14. The Bertz CT molecular complexity index is 1720. The summed E-state index contributed by atoms with van der Waals surface area (Å²) in [5.74, 6) is 1.09. The summed E-state index contributed by atoms with van der Waals surface area (Å²) in [6, 6.07) is 24.2. The molecule has 0 spiro atoms. The Kier molecular flexibility index (Phi) is 7.45. The summed E-state index contributed by atoms with van der Waals surface area (Å²) < 4.78 is 36.6. The van der Waals surface area contributed by atoms with Crippen LogP contribution in [0.25, 0.3) is 16.8 Å². The number of sulfonamides is 1. The Morgan fingerprint density at radius 2 is 1.62 bits per heavy atom. The molecule has 1 aliphatic carbocycles. The van der Waals surface area contributed by atoms with Gasteiger partial charge >= 0.3 is 0 Å². The van der Waals surface area contributed by atoms with Crippen LogP contribution in [0.2, 0.25) is 5.02 Å². The molecule has 0 saturated heterocycles. The van der Waals surface area contributed by atoms with E-state index in [0.29, 0.717) is 28.9 Å². The molecule has 2 heterocycles. The Labute approximate surface area is 238 Å². The average molecular weight is 573 g/mol. The number of nitrogens with one attached hydrogen (secondary N) is 1. The molecule has 40 heavy (non-hydrogen) atoms. The monoisotopic (exact) mass is 572 g/mol. The highest BCUT2D eigenvalue weighted by molar-refractivity contribution is 7.92. The van der Waals surface area contributed by atoms with Gasteiger partial charge in [0.15, 0.2) is 5.65 Å². The molecule has 204 valence electrons. The van der Waals surface area contributed by atoms with Crippen molar-refractivity contribution in [3.8, 4) is 16.9 Å². The molecule has 0 aliphatic heterocycles. The number of hydrogen-bond donors (Lipinski definition) is 1. The van der Waals surface area contributed by atoms with Crippen LogP contribution in [0, 0.1) is 0 Å². The van der Waals surface area contributed by atoms with E-state index in [1.165, 1.54) is 24.8 Å². The lowest BCUT2D eigenvalue weighted by atomic mass is 9.84. The van der Waals surface area contributed by atoms with Crippen LogP contribution >= 0.6 is 11.6 Å². The summed E-state index contributed by atoms with van der Waals surface area (Å²) in [5, 5.41) is 5.10. The number of aromatic nitrogens is 3. The maximum atomic E-state index is 13.1. The van der Waals surface area contributed by atoms with Gasteiger partial charge in [0.2, 0.25) is 0 Å². The van der Waals surface area contributed by atoms with Crippen molar-refractivity contribution in [1.29, 1.82) is 0 Å². The summed E-state index contributed by atoms with van der Waals surface area (Å²) in [7, 11) is -3.84. The van der Waals surface area contributed by atoms with Gasteiger partial charge in [0.05, 0.1) is 16.8 Å². The predicted octanol–water partition coefficient (Wildman–Crippen LogP) is 7.48. The Hall–Kier alpha value is -3.88. The van der Waals surface area contributed by atoms with Crippen LogP contribution in [0.1, 0.15) is 49.3 Å². The number of fused-ring (bicyclic) bond motifs is 1. The summed E-state index contributed by atoms with van der Waals surface area (Å²) in [5.41, 5.74) is 4.99. The lowest BCUT2D eigenvalue weighted by Gasteiger charge is -2.25. The summed E-state index contributed by atoms with van der Waals surface area (Å²) in [4.78, 5) is 4.80. The number of benzene rings is 3. The third-order valence-electron chi connectivity index (χ3n) is 7.34. The normalized spacial score (nSPS) is 14.3. The van der Waals surface area contributed by atoms with Gasteiger partial charge in [0.1, 0.15) is 18.0 Å². The molecule has 1 fully saturated rings. The molecule has 1 saturated carbocycles. The zero-order valence-electron chi connectivity index (χ0n) is 21.8. The zero-order valence-corrected chi connectivity index (χ0v) is 23.4. The molecule has 5 aromatic rings. The van der Waals surface area contributed by atoms with Crippen LogP contribution in [0.4, 0.5) is 5.69 Å². The van der Waals surface area contributed by atoms with E-state index in [9.17, 15) is 8.42 Å². The zero-order chi connectivity index (χ0) is 27.5. The number of rotatable bonds is 8. The summed E-state index contributed by atoms with van der Waals surface area (Å²) in [6.07, 6.45) is 8.99. The molecular weight excluding hydrogens is 544 g/mol. The van der Waals surface area contributed by atoms with Gasteiger partial charge < -0.3 is 4.74 Å². The van der Waals surface area contributed by atoms with E-state index in [-0.39, 0.29) is 4.90 Å². The number of nitrogens with zero attached hydrogens (tertiary/aromatic N) is 3. The van der Waals surface area contributed by atoms with E-state index < -0.39 is 10.0 Å². The topological polar surface area (TPSA) is 85.6 Å². The number of ether oxygens (including phenoxy) is 1. The fourth-order valence-corrected chi connectivity index (χ4v) is 6.47. The van der Waals surface area contributed by atoms with Crippen molar-refractivity contribution in [3.05, 3.63) is 108 Å². The standard InChI is InChI=1S/C31H29ClN4O3S/c32-25-13-17-27(18-14-25)40(37,38)35-29-20-34-36-30(24-9-5-2-6-10-24)28(19-33-31(29)36)23-11-15-26(16-12-23)39-21-22-7-3-1-4-8-22/h1,3-4,7-8,11-20,24,35H,2,5-6,9-10,21H2. The van der Waals surface area contributed by atoms with E-state index in [0.717, 1.165) is 53.8 Å². The van der Waals surface area contributed by atoms with Gasteiger partial charge in [0.25, 0.3) is 10.0 Å². The van der Waals surface area contributed by atoms with E-state index in [1.54, 1.807) is 12.1 Å². The first kappa shape index (κ1) is 26.3. The molecule has 0 bridgehead atoms. The molecule has 7 nitrogen and oxygen atoms in total. The van der Waals surface area contributed by atoms with Gasteiger partial charge in [-0.05, 0) is 60.4 Å². The molecule has 0 atom stereocenters. The number of hydrogen-bond acceptors (Lipinski definition) is 5. The molecule has 6 rings (SSSR count). The third-order valence-corrected chi connectivity index (χ3v) is 8.97. The van der Waals surface area contributed by atoms with Crippen molar-refractivity contribution in [3.63, 3.8) is 0 Å². The van der Waals surface area contributed by atoms with Crippen molar-refractivity contribution in [2.45, 2.75) is 49.5 Å². The van der Waals surface area contributed by atoms with Crippen LogP contribution in [0.15, 0.2) is 96.2 Å². The second-order valence-corrected chi connectivity index (χ2v) is 12.2. The second-order valence-electron chi connectivity index (χ2n) is 10.0. The highest BCUT2D eigenvalue weighted by atomic mass is 35.5. The minimum absolute atomic E-state index is 0.120. The van der Waals surface area contributed by atoms with Crippen molar-refractivity contribution < 1.29 is 13.2 Å². The molecule has 0 radical (unpaired) electrons. The average Bonchev–Trinajstić information content (AvgIpc) is 3.39. The molecule has 1 N–H and O–H groups in total.